The van der Waals surface area contributed by atoms with Crippen LogP contribution >= 0.6 is 0 Å². The molecule has 3 fully saturated rings. The maximum absolute atomic E-state index is 14.6. The summed E-state index contributed by atoms with van der Waals surface area (Å²) in [7, 11) is 0. The Hall–Kier alpha value is -4.54. The molecule has 4 aromatic rings. The summed E-state index contributed by atoms with van der Waals surface area (Å²) in [6, 6.07) is 7.48. The first-order chi connectivity index (χ1) is 21.1. The summed E-state index contributed by atoms with van der Waals surface area (Å²) in [5.74, 6) is -2.42. The smallest absolute Gasteiger partial charge is 0.326 e. The molecule has 13 heteroatoms. The quantitative estimate of drug-likeness (QED) is 0.321. The lowest BCUT2D eigenvalue weighted by molar-refractivity contribution is -0.228. The number of hydrogen-bond donors (Lipinski definition) is 1. The van der Waals surface area contributed by atoms with E-state index in [1.54, 1.807) is 24.3 Å². The lowest BCUT2D eigenvalue weighted by atomic mass is 9.90. The van der Waals surface area contributed by atoms with Gasteiger partial charge < -0.3 is 33.5 Å². The molecule has 1 N–H and O–H groups in total. The van der Waals surface area contributed by atoms with Gasteiger partial charge in [0.05, 0.1) is 32.4 Å². The Bertz CT molecular complexity index is 1810. The average molecular weight is 606 g/mol. The summed E-state index contributed by atoms with van der Waals surface area (Å²) in [6.07, 6.45) is 6.57. The van der Waals surface area contributed by atoms with Crippen molar-refractivity contribution in [3.05, 3.63) is 47.9 Å². The number of pyridine rings is 1. The molecule has 6 heterocycles. The Labute approximate surface area is 250 Å². The van der Waals surface area contributed by atoms with E-state index in [0.29, 0.717) is 55.5 Å². The molecule has 3 aliphatic heterocycles. The van der Waals surface area contributed by atoms with Crippen LogP contribution in [0, 0.1) is 12.3 Å². The van der Waals surface area contributed by atoms with Gasteiger partial charge in [-0.05, 0) is 25.1 Å². The highest BCUT2D eigenvalue weighted by atomic mass is 19.3. The number of carbonyl (C=O) groups is 1. The van der Waals surface area contributed by atoms with Gasteiger partial charge >= 0.3 is 11.9 Å². The Morgan fingerprint density at radius 2 is 2.05 bits per heavy atom. The summed E-state index contributed by atoms with van der Waals surface area (Å²) < 4.78 is 53.2. The molecule has 0 saturated carbocycles. The van der Waals surface area contributed by atoms with Gasteiger partial charge in [0.1, 0.15) is 34.5 Å². The number of benzene rings is 1. The zero-order chi connectivity index (χ0) is 30.8. The van der Waals surface area contributed by atoms with Crippen molar-refractivity contribution in [1.82, 2.24) is 15.0 Å². The maximum Gasteiger partial charge on any atom is 0.326 e. The van der Waals surface area contributed by atoms with E-state index in [1.165, 1.54) is 11.1 Å². The van der Waals surface area contributed by atoms with Crippen molar-refractivity contribution >= 4 is 39.5 Å². The third-order valence-electron chi connectivity index (χ3n) is 8.64. The van der Waals surface area contributed by atoms with Crippen molar-refractivity contribution in [3.8, 4) is 18.2 Å². The molecular formula is C31H29F2N5O6. The number of rotatable bonds is 6. The van der Waals surface area contributed by atoms with Crippen molar-refractivity contribution in [2.24, 2.45) is 0 Å². The predicted molar refractivity (Wildman–Crippen MR) is 155 cm³/mol. The van der Waals surface area contributed by atoms with E-state index in [1.807, 2.05) is 13.0 Å². The zero-order valence-electron chi connectivity index (χ0n) is 24.0. The molecule has 1 unspecified atom stereocenters. The monoisotopic (exact) mass is 605 g/mol. The first-order valence-electron chi connectivity index (χ1n) is 14.3. The van der Waals surface area contributed by atoms with Crippen LogP contribution < -0.4 is 14.5 Å². The molecule has 3 atom stereocenters. The lowest BCUT2D eigenvalue weighted by Gasteiger charge is -2.53. The molecule has 0 bridgehead atoms. The van der Waals surface area contributed by atoms with Crippen molar-refractivity contribution in [1.29, 1.82) is 0 Å². The largest absolute Gasteiger partial charge is 0.480 e. The standard InChI is InChI=1S/C31H29F2N5O6/c1-4-18-11-21(37-9-10-42-31(17(37)2)15-41-16-31)27(34-13-18)43-19-12-22(28(39)40)38(14-19)26-25-24(35-29(36-26)30(3,32)33)20-7-5-6-8-23(20)44-25/h1,5-8,11,13,17,19,22H,9-10,12,14-16H2,2-3H3,(H,39,40)/t17-,19?,22-/m0/s1. The third-order valence-corrected chi connectivity index (χ3v) is 8.64. The Morgan fingerprint density at radius 1 is 1.25 bits per heavy atom. The number of fused-ring (bicyclic) bond motifs is 3. The number of halogens is 2. The highest BCUT2D eigenvalue weighted by molar-refractivity contribution is 6.06. The van der Waals surface area contributed by atoms with Crippen molar-refractivity contribution in [3.63, 3.8) is 0 Å². The molecule has 1 aromatic carbocycles. The summed E-state index contributed by atoms with van der Waals surface area (Å²) in [5, 5.41) is 10.8. The summed E-state index contributed by atoms with van der Waals surface area (Å²) in [5.41, 5.74) is 1.48. The highest BCUT2D eigenvalue weighted by Crippen LogP contribution is 2.41. The van der Waals surface area contributed by atoms with Gasteiger partial charge in [0.15, 0.2) is 11.4 Å². The summed E-state index contributed by atoms with van der Waals surface area (Å²) in [6.45, 7) is 4.72. The van der Waals surface area contributed by atoms with Crippen molar-refractivity contribution < 1.29 is 37.3 Å². The average Bonchev–Trinajstić information content (AvgIpc) is 3.58. The number of nitrogens with zero attached hydrogens (tertiary/aromatic N) is 5. The number of morpholine rings is 1. The van der Waals surface area contributed by atoms with Crippen molar-refractivity contribution in [2.75, 3.05) is 42.7 Å². The number of aliphatic carboxylic acids is 1. The number of aromatic nitrogens is 3. The fourth-order valence-electron chi connectivity index (χ4n) is 6.19. The minimum absolute atomic E-state index is 0.0172. The zero-order valence-corrected chi connectivity index (χ0v) is 24.0. The number of hydrogen-bond acceptors (Lipinski definition) is 10. The molecule has 44 heavy (non-hydrogen) atoms. The summed E-state index contributed by atoms with van der Waals surface area (Å²) in [4.78, 5) is 28.9. The van der Waals surface area contributed by atoms with Gasteiger partial charge in [-0.15, -0.1) is 6.42 Å². The van der Waals surface area contributed by atoms with Gasteiger partial charge in [0, 0.05) is 37.0 Å². The van der Waals surface area contributed by atoms with Gasteiger partial charge in [-0.2, -0.15) is 8.78 Å². The van der Waals surface area contributed by atoms with E-state index < -0.39 is 35.5 Å². The van der Waals surface area contributed by atoms with Crippen molar-refractivity contribution in [2.45, 2.75) is 50.0 Å². The highest BCUT2D eigenvalue weighted by Gasteiger charge is 2.50. The molecule has 3 aromatic heterocycles. The van der Waals surface area contributed by atoms with Crippen LogP contribution in [0.15, 0.2) is 40.9 Å². The summed E-state index contributed by atoms with van der Waals surface area (Å²) >= 11 is 0. The number of alkyl halides is 2. The van der Waals surface area contributed by atoms with Gasteiger partial charge in [-0.25, -0.2) is 19.7 Å². The number of carboxylic acid groups (broad SMARTS) is 1. The van der Waals surface area contributed by atoms with Crippen LogP contribution in [0.5, 0.6) is 5.88 Å². The Balaban J connectivity index is 1.26. The molecule has 7 rings (SSSR count). The van der Waals surface area contributed by atoms with E-state index in [9.17, 15) is 18.7 Å². The minimum Gasteiger partial charge on any atom is -0.480 e. The normalized spacial score (nSPS) is 23.2. The first kappa shape index (κ1) is 28.2. The van der Waals surface area contributed by atoms with E-state index in [2.05, 4.69) is 25.8 Å². The van der Waals surface area contributed by atoms with Crippen LogP contribution in [-0.4, -0.2) is 82.7 Å². The first-order valence-corrected chi connectivity index (χ1v) is 14.3. The van der Waals surface area contributed by atoms with Gasteiger partial charge in [0.2, 0.25) is 11.7 Å². The number of furan rings is 1. The SMILES string of the molecule is C#Cc1cnc(OC2C[C@@H](C(=O)O)N(c3nc(C(C)(F)F)nc4c3oc3ccccc34)C2)c(N2CCOC3(COC3)[C@@H]2C)c1. The van der Waals surface area contributed by atoms with E-state index in [0.717, 1.165) is 0 Å². The van der Waals surface area contributed by atoms with Crippen LogP contribution in [0.25, 0.3) is 22.1 Å². The number of carboxylic acids is 1. The number of anilines is 2. The second-order valence-corrected chi connectivity index (χ2v) is 11.5. The van der Waals surface area contributed by atoms with E-state index in [4.69, 9.17) is 25.1 Å². The van der Waals surface area contributed by atoms with Gasteiger partial charge in [-0.1, -0.05) is 18.1 Å². The Kier molecular flexibility index (Phi) is 6.60. The van der Waals surface area contributed by atoms with E-state index in [-0.39, 0.29) is 41.8 Å². The van der Waals surface area contributed by atoms with Gasteiger partial charge in [0.25, 0.3) is 0 Å². The van der Waals surface area contributed by atoms with Crippen LogP contribution in [0.2, 0.25) is 0 Å². The number of para-hydroxylation sites is 1. The molecule has 0 radical (unpaired) electrons. The third kappa shape index (κ3) is 4.56. The fraction of sp³-hybridized carbons (Fsp3) is 0.419. The van der Waals surface area contributed by atoms with Crippen LogP contribution in [0.3, 0.4) is 0 Å². The molecule has 3 saturated heterocycles. The number of ether oxygens (including phenoxy) is 3. The fourth-order valence-corrected chi connectivity index (χ4v) is 6.19. The lowest BCUT2D eigenvalue weighted by Crippen LogP contribution is -2.68. The second-order valence-electron chi connectivity index (χ2n) is 11.5. The molecule has 0 aliphatic carbocycles. The number of terminal acetylenes is 1. The maximum atomic E-state index is 14.6. The minimum atomic E-state index is -3.38. The molecular weight excluding hydrogens is 576 g/mol. The van der Waals surface area contributed by atoms with Crippen LogP contribution in [0.4, 0.5) is 20.3 Å². The molecule has 0 amide bonds. The van der Waals surface area contributed by atoms with Crippen LogP contribution in [0.1, 0.15) is 31.7 Å². The predicted octanol–water partition coefficient (Wildman–Crippen LogP) is 3.97. The molecule has 3 aliphatic rings. The van der Waals surface area contributed by atoms with Crippen LogP contribution in [-0.2, 0) is 20.2 Å². The molecule has 228 valence electrons. The molecule has 11 nitrogen and oxygen atoms in total. The second kappa shape index (κ2) is 10.3. The Morgan fingerprint density at radius 3 is 2.75 bits per heavy atom. The van der Waals surface area contributed by atoms with E-state index >= 15 is 0 Å². The van der Waals surface area contributed by atoms with Gasteiger partial charge in [-0.3, -0.25) is 0 Å². The topological polar surface area (TPSA) is 123 Å². The molecule has 1 spiro atoms.